The van der Waals surface area contributed by atoms with E-state index < -0.39 is 30.6 Å². The maximum atomic E-state index is 12.8. The summed E-state index contributed by atoms with van der Waals surface area (Å²) in [5.74, 6) is 0. The molecule has 0 aromatic rings. The monoisotopic (exact) mass is 264 g/mol. The van der Waals surface area contributed by atoms with E-state index >= 15 is 0 Å². The van der Waals surface area contributed by atoms with Crippen LogP contribution in [0.5, 0.6) is 0 Å². The lowest BCUT2D eigenvalue weighted by Gasteiger charge is -2.37. The largest absolute Gasteiger partial charge is 0.403 e. The first-order chi connectivity index (χ1) is 7.62. The Morgan fingerprint density at radius 1 is 0.647 bits per heavy atom. The van der Waals surface area contributed by atoms with Crippen molar-refractivity contribution in [3.8, 4) is 0 Å². The Morgan fingerprint density at radius 2 is 1.12 bits per heavy atom. The zero-order valence-corrected chi connectivity index (χ0v) is 10.0. The molecule has 0 radical (unpaired) electrons. The van der Waals surface area contributed by atoms with Crippen LogP contribution in [0, 0.1) is 5.41 Å². The summed E-state index contributed by atoms with van der Waals surface area (Å²) >= 11 is 0. The van der Waals surface area contributed by atoms with Crippen LogP contribution < -0.4 is 0 Å². The maximum absolute atomic E-state index is 12.8. The molecule has 0 aromatic carbocycles. The second kappa shape index (κ2) is 5.96. The van der Waals surface area contributed by atoms with Gasteiger partial charge in [0.1, 0.15) is 0 Å². The normalized spacial score (nSPS) is 14.1. The third-order valence-electron chi connectivity index (χ3n) is 2.97. The van der Waals surface area contributed by atoms with Crippen LogP contribution in [0.4, 0.5) is 26.3 Å². The van der Waals surface area contributed by atoms with Crippen molar-refractivity contribution >= 4 is 0 Å². The molecule has 0 saturated heterocycles. The maximum Gasteiger partial charge on any atom is 0.403 e. The van der Waals surface area contributed by atoms with Gasteiger partial charge in [0.2, 0.25) is 0 Å². The van der Waals surface area contributed by atoms with Gasteiger partial charge in [-0.15, -0.1) is 0 Å². The number of unbranched alkanes of at least 4 members (excludes halogenated alkanes) is 2. The van der Waals surface area contributed by atoms with Gasteiger partial charge in [-0.05, 0) is 12.8 Å². The summed E-state index contributed by atoms with van der Waals surface area (Å²) < 4.78 is 76.6. The molecule has 0 bridgehead atoms. The van der Waals surface area contributed by atoms with E-state index in [1.165, 1.54) is 6.92 Å². The molecule has 0 rings (SSSR count). The van der Waals surface area contributed by atoms with E-state index in [-0.39, 0.29) is 12.8 Å². The van der Waals surface area contributed by atoms with Crippen molar-refractivity contribution in [2.24, 2.45) is 5.41 Å². The van der Waals surface area contributed by atoms with Gasteiger partial charge in [0.05, 0.1) is 0 Å². The van der Waals surface area contributed by atoms with Gasteiger partial charge in [-0.1, -0.05) is 39.5 Å². The molecule has 6 heteroatoms. The number of alkyl halides is 6. The first-order valence-electron chi connectivity index (χ1n) is 5.76. The highest BCUT2D eigenvalue weighted by Gasteiger charge is 2.68. The Balaban J connectivity index is 5.12. The average Bonchev–Trinajstić information content (AvgIpc) is 2.13. The first-order valence-corrected chi connectivity index (χ1v) is 5.76. The summed E-state index contributed by atoms with van der Waals surface area (Å²) in [5, 5.41) is 0. The lowest BCUT2D eigenvalue weighted by molar-refractivity contribution is -0.346. The van der Waals surface area contributed by atoms with Crippen LogP contribution in [-0.4, -0.2) is 12.4 Å². The molecule has 0 aliphatic rings. The van der Waals surface area contributed by atoms with Gasteiger partial charge in [0.25, 0.3) is 0 Å². The molecule has 0 atom stereocenters. The summed E-state index contributed by atoms with van der Waals surface area (Å²) in [6.45, 7) is 3.08. The van der Waals surface area contributed by atoms with Crippen molar-refractivity contribution in [3.63, 3.8) is 0 Å². The molecule has 0 aliphatic carbocycles. The summed E-state index contributed by atoms with van der Waals surface area (Å²) in [5.41, 5.74) is -3.52. The fourth-order valence-corrected chi connectivity index (χ4v) is 1.96. The highest BCUT2D eigenvalue weighted by Crippen LogP contribution is 2.56. The molecule has 0 nitrogen and oxygen atoms in total. The van der Waals surface area contributed by atoms with Gasteiger partial charge >= 0.3 is 12.4 Å². The molecule has 0 fully saturated rings. The molecule has 0 amide bonds. The van der Waals surface area contributed by atoms with Crippen molar-refractivity contribution in [1.82, 2.24) is 0 Å². The Labute approximate surface area is 97.4 Å². The van der Waals surface area contributed by atoms with Gasteiger partial charge in [0, 0.05) is 0 Å². The average molecular weight is 264 g/mol. The number of hydrogen-bond acceptors (Lipinski definition) is 0. The van der Waals surface area contributed by atoms with E-state index in [4.69, 9.17) is 0 Å². The van der Waals surface area contributed by atoms with Crippen molar-refractivity contribution in [3.05, 3.63) is 0 Å². The molecular formula is C11H18F6. The second-order valence-electron chi connectivity index (χ2n) is 4.28. The molecule has 0 aliphatic heterocycles. The Hall–Kier alpha value is -0.420. The van der Waals surface area contributed by atoms with Gasteiger partial charge < -0.3 is 0 Å². The lowest BCUT2D eigenvalue weighted by atomic mass is 9.77. The molecular weight excluding hydrogens is 246 g/mol. The minimum Gasteiger partial charge on any atom is -0.170 e. The van der Waals surface area contributed by atoms with Crippen LogP contribution in [0.3, 0.4) is 0 Å². The molecule has 0 heterocycles. The third-order valence-corrected chi connectivity index (χ3v) is 2.97. The van der Waals surface area contributed by atoms with Crippen LogP contribution in [0.25, 0.3) is 0 Å². The molecule has 0 saturated carbocycles. The van der Waals surface area contributed by atoms with E-state index in [9.17, 15) is 26.3 Å². The quantitative estimate of drug-likeness (QED) is 0.440. The number of hydrogen-bond donors (Lipinski definition) is 0. The van der Waals surface area contributed by atoms with Crippen molar-refractivity contribution in [2.45, 2.75) is 64.7 Å². The fraction of sp³-hybridized carbons (Fsp3) is 1.00. The third kappa shape index (κ3) is 3.78. The molecule has 0 spiro atoms. The van der Waals surface area contributed by atoms with E-state index in [0.29, 0.717) is 12.8 Å². The molecule has 17 heavy (non-hydrogen) atoms. The Bertz CT molecular complexity index is 201. The van der Waals surface area contributed by atoms with E-state index in [1.54, 1.807) is 6.92 Å². The smallest absolute Gasteiger partial charge is 0.170 e. The Morgan fingerprint density at radius 3 is 1.41 bits per heavy atom. The molecule has 0 aromatic heterocycles. The molecule has 104 valence electrons. The summed E-state index contributed by atoms with van der Waals surface area (Å²) in [4.78, 5) is 0. The van der Waals surface area contributed by atoms with E-state index in [1.807, 2.05) is 0 Å². The Kier molecular flexibility index (Phi) is 5.81. The zero-order valence-electron chi connectivity index (χ0n) is 10.0. The second-order valence-corrected chi connectivity index (χ2v) is 4.28. The van der Waals surface area contributed by atoms with Crippen LogP contribution in [0.1, 0.15) is 52.4 Å². The van der Waals surface area contributed by atoms with Crippen LogP contribution >= 0.6 is 0 Å². The summed E-state index contributed by atoms with van der Waals surface area (Å²) in [7, 11) is 0. The van der Waals surface area contributed by atoms with Crippen molar-refractivity contribution in [1.29, 1.82) is 0 Å². The van der Waals surface area contributed by atoms with Crippen molar-refractivity contribution in [2.75, 3.05) is 0 Å². The number of halogens is 6. The topological polar surface area (TPSA) is 0 Å². The summed E-state index contributed by atoms with van der Waals surface area (Å²) in [6.07, 6.45) is -11.4. The van der Waals surface area contributed by atoms with Gasteiger partial charge in [-0.25, -0.2) is 0 Å². The van der Waals surface area contributed by atoms with Crippen LogP contribution in [0.2, 0.25) is 0 Å². The van der Waals surface area contributed by atoms with Crippen molar-refractivity contribution < 1.29 is 26.3 Å². The first kappa shape index (κ1) is 16.6. The standard InChI is InChI=1S/C11H18F6/c1-3-5-6-8-9(7-4-2,10(12,13)14)11(15,16)17/h3-8H2,1-2H3. The van der Waals surface area contributed by atoms with Crippen LogP contribution in [0.15, 0.2) is 0 Å². The van der Waals surface area contributed by atoms with Gasteiger partial charge in [0.15, 0.2) is 5.41 Å². The summed E-state index contributed by atoms with van der Waals surface area (Å²) in [6, 6.07) is 0. The minimum absolute atomic E-state index is 0.0461. The highest BCUT2D eigenvalue weighted by molar-refractivity contribution is 4.92. The number of rotatable bonds is 6. The van der Waals surface area contributed by atoms with Gasteiger partial charge in [-0.3, -0.25) is 0 Å². The zero-order chi connectivity index (χ0) is 13.7. The predicted molar refractivity (Wildman–Crippen MR) is 53.6 cm³/mol. The van der Waals surface area contributed by atoms with Gasteiger partial charge in [-0.2, -0.15) is 26.3 Å². The fourth-order valence-electron chi connectivity index (χ4n) is 1.96. The minimum atomic E-state index is -5.23. The van der Waals surface area contributed by atoms with E-state index in [0.717, 1.165) is 0 Å². The SMILES string of the molecule is CCCCCC(CCC)(C(F)(F)F)C(F)(F)F. The molecule has 0 unspecified atom stereocenters. The highest BCUT2D eigenvalue weighted by atomic mass is 19.4. The lowest BCUT2D eigenvalue weighted by Crippen LogP contribution is -2.50. The van der Waals surface area contributed by atoms with E-state index in [2.05, 4.69) is 0 Å². The van der Waals surface area contributed by atoms with Crippen LogP contribution in [-0.2, 0) is 0 Å². The molecule has 0 N–H and O–H groups in total. The predicted octanol–water partition coefficient (Wildman–Crippen LogP) is 5.48.